The van der Waals surface area contributed by atoms with E-state index >= 15 is 0 Å². The first-order valence-electron chi connectivity index (χ1n) is 10.1. The van der Waals surface area contributed by atoms with Crippen LogP contribution in [0, 0.1) is 6.92 Å². The van der Waals surface area contributed by atoms with Crippen molar-refractivity contribution < 1.29 is 14.3 Å². The average Bonchev–Trinajstić information content (AvgIpc) is 3.37. The van der Waals surface area contributed by atoms with E-state index in [9.17, 15) is 9.90 Å². The molecule has 2 aromatic heterocycles. The van der Waals surface area contributed by atoms with Crippen molar-refractivity contribution in [2.75, 3.05) is 26.2 Å². The van der Waals surface area contributed by atoms with Crippen LogP contribution in [0.3, 0.4) is 0 Å². The summed E-state index contributed by atoms with van der Waals surface area (Å²) >= 11 is 1.59. The quantitative estimate of drug-likeness (QED) is 0.139. The third kappa shape index (κ3) is 7.22. The molecule has 1 amide bonds. The molecule has 4 N–H and O–H groups in total. The van der Waals surface area contributed by atoms with E-state index in [1.165, 1.54) is 6.26 Å². The lowest BCUT2D eigenvalue weighted by Gasteiger charge is -2.12. The number of nitrogens with one attached hydrogen (secondary N) is 3. The van der Waals surface area contributed by atoms with Gasteiger partial charge >= 0.3 is 0 Å². The smallest absolute Gasteiger partial charge is 0.287 e. The van der Waals surface area contributed by atoms with Crippen LogP contribution in [0.4, 0.5) is 0 Å². The van der Waals surface area contributed by atoms with Crippen molar-refractivity contribution in [2.24, 2.45) is 4.99 Å². The molecule has 0 spiro atoms. The summed E-state index contributed by atoms with van der Waals surface area (Å²) < 4.78 is 6.34. The van der Waals surface area contributed by atoms with E-state index in [1.54, 1.807) is 17.4 Å². The number of guanidine groups is 1. The van der Waals surface area contributed by atoms with Gasteiger partial charge in [-0.1, -0.05) is 18.2 Å². The Labute approximate surface area is 203 Å². The molecule has 0 aliphatic rings. The third-order valence-electron chi connectivity index (χ3n) is 4.54. The maximum atomic E-state index is 12.0. The van der Waals surface area contributed by atoms with Gasteiger partial charge in [-0.15, -0.1) is 35.3 Å². The number of furan rings is 1. The van der Waals surface area contributed by atoms with Gasteiger partial charge < -0.3 is 25.5 Å². The van der Waals surface area contributed by atoms with Crippen LogP contribution in [0.5, 0.6) is 0 Å². The van der Waals surface area contributed by atoms with Crippen LogP contribution in [0.2, 0.25) is 0 Å². The highest BCUT2D eigenvalue weighted by Crippen LogP contribution is 2.29. The molecule has 3 aromatic rings. The van der Waals surface area contributed by atoms with E-state index in [4.69, 9.17) is 4.42 Å². The van der Waals surface area contributed by atoms with Gasteiger partial charge in [0.05, 0.1) is 12.8 Å². The monoisotopic (exact) mass is 556 g/mol. The molecule has 31 heavy (non-hydrogen) atoms. The van der Waals surface area contributed by atoms with E-state index in [2.05, 4.69) is 27.0 Å². The summed E-state index contributed by atoms with van der Waals surface area (Å²) in [6, 6.07) is 11.9. The molecule has 0 aliphatic heterocycles. The van der Waals surface area contributed by atoms with Crippen molar-refractivity contribution in [3.05, 3.63) is 58.9 Å². The second-order valence-electron chi connectivity index (χ2n) is 6.89. The second-order valence-corrected chi connectivity index (χ2v) is 8.01. The molecule has 1 unspecified atom stereocenters. The predicted molar refractivity (Wildman–Crippen MR) is 137 cm³/mol. The lowest BCUT2D eigenvalue weighted by Crippen LogP contribution is -2.39. The van der Waals surface area contributed by atoms with Gasteiger partial charge in [-0.05, 0) is 43.9 Å². The lowest BCUT2D eigenvalue weighted by molar-refractivity contribution is 0.0925. The normalized spacial score (nSPS) is 12.3. The molecular weight excluding hydrogens is 527 g/mol. The number of aliphatic hydroxyl groups is 1. The number of rotatable bonds is 9. The Morgan fingerprint density at radius 2 is 1.97 bits per heavy atom. The first-order chi connectivity index (χ1) is 14.6. The minimum absolute atomic E-state index is 0. The average molecular weight is 556 g/mol. The van der Waals surface area contributed by atoms with Crippen LogP contribution in [-0.2, 0) is 0 Å². The van der Waals surface area contributed by atoms with Gasteiger partial charge in [0.15, 0.2) is 11.7 Å². The number of aliphatic hydroxyl groups excluding tert-OH is 1. The number of carbonyl (C=O) groups is 1. The number of aliphatic imine (C=N–C) groups is 1. The summed E-state index contributed by atoms with van der Waals surface area (Å²) in [5.41, 5.74) is 0.824. The summed E-state index contributed by atoms with van der Waals surface area (Å²) in [6.45, 7) is 5.99. The number of fused-ring (bicyclic) bond motifs is 1. The largest absolute Gasteiger partial charge is 0.459 e. The van der Waals surface area contributed by atoms with Gasteiger partial charge in [0.1, 0.15) is 6.10 Å². The topological polar surface area (TPSA) is 98.9 Å². The summed E-state index contributed by atoms with van der Waals surface area (Å²) in [4.78, 5) is 17.4. The van der Waals surface area contributed by atoms with E-state index in [1.807, 2.05) is 38.1 Å². The van der Waals surface area contributed by atoms with Crippen molar-refractivity contribution in [3.8, 4) is 0 Å². The number of halogens is 1. The fourth-order valence-corrected chi connectivity index (χ4v) is 4.00. The molecule has 3 rings (SSSR count). The summed E-state index contributed by atoms with van der Waals surface area (Å²) in [5.74, 6) is 0.795. The number of amides is 1. The number of hydrogen-bond acceptors (Lipinski definition) is 5. The van der Waals surface area contributed by atoms with Crippen LogP contribution >= 0.6 is 35.3 Å². The zero-order valence-electron chi connectivity index (χ0n) is 17.7. The Morgan fingerprint density at radius 1 is 1.19 bits per heavy atom. The molecule has 0 saturated heterocycles. The standard InChI is InChI=1S/C22H28N4O3S.HI/c1-3-23-22(25-11-6-10-24-21(28)20-15(2)9-12-29-20)26-14-17(27)19-13-16-7-4-5-8-18(16)30-19;/h4-5,7-9,12-13,17,27H,3,6,10-11,14H2,1-2H3,(H,24,28)(H2,23,25,26);1H. The molecule has 2 heterocycles. The number of carbonyl (C=O) groups excluding carboxylic acids is 1. The number of thiophene rings is 1. The Kier molecular flexibility index (Phi) is 10.3. The molecule has 0 aliphatic carbocycles. The maximum Gasteiger partial charge on any atom is 0.287 e. The van der Waals surface area contributed by atoms with Crippen molar-refractivity contribution in [1.82, 2.24) is 16.0 Å². The Balaban J connectivity index is 0.00000341. The summed E-state index contributed by atoms with van der Waals surface area (Å²) in [6.07, 6.45) is 1.60. The van der Waals surface area contributed by atoms with Crippen LogP contribution in [0.15, 0.2) is 52.1 Å². The zero-order chi connectivity index (χ0) is 21.3. The third-order valence-corrected chi connectivity index (χ3v) is 5.76. The van der Waals surface area contributed by atoms with Crippen molar-refractivity contribution >= 4 is 57.3 Å². The lowest BCUT2D eigenvalue weighted by atomic mass is 10.2. The van der Waals surface area contributed by atoms with E-state index < -0.39 is 6.10 Å². The number of hydrogen-bond donors (Lipinski definition) is 4. The fourth-order valence-electron chi connectivity index (χ4n) is 2.96. The maximum absolute atomic E-state index is 12.0. The van der Waals surface area contributed by atoms with Gasteiger partial charge in [-0.25, -0.2) is 0 Å². The van der Waals surface area contributed by atoms with Gasteiger partial charge in [-0.2, -0.15) is 0 Å². The van der Waals surface area contributed by atoms with Crippen molar-refractivity contribution in [3.63, 3.8) is 0 Å². The van der Waals surface area contributed by atoms with Crippen molar-refractivity contribution in [1.29, 1.82) is 0 Å². The Morgan fingerprint density at radius 3 is 2.68 bits per heavy atom. The molecule has 1 aromatic carbocycles. The predicted octanol–water partition coefficient (Wildman–Crippen LogP) is 3.83. The number of benzene rings is 1. The number of aryl methyl sites for hydroxylation is 1. The van der Waals surface area contributed by atoms with Crippen molar-refractivity contribution in [2.45, 2.75) is 26.4 Å². The summed E-state index contributed by atoms with van der Waals surface area (Å²) in [5, 5.41) is 20.9. The molecule has 1 atom stereocenters. The Bertz CT molecular complexity index is 968. The highest BCUT2D eigenvalue weighted by Gasteiger charge is 2.12. The van der Waals surface area contributed by atoms with Gasteiger partial charge in [-0.3, -0.25) is 9.79 Å². The van der Waals surface area contributed by atoms with E-state index in [-0.39, 0.29) is 36.4 Å². The SMILES string of the molecule is CCNC(=NCC(O)c1cc2ccccc2s1)NCCCNC(=O)c1occc1C.I. The number of nitrogens with zero attached hydrogens (tertiary/aromatic N) is 1. The Hall–Kier alpha value is -2.11. The molecule has 0 saturated carbocycles. The second kappa shape index (κ2) is 12.7. The van der Waals surface area contributed by atoms with E-state index in [0.717, 1.165) is 33.5 Å². The van der Waals surface area contributed by atoms with Gasteiger partial charge in [0, 0.05) is 34.8 Å². The highest BCUT2D eigenvalue weighted by molar-refractivity contribution is 14.0. The highest BCUT2D eigenvalue weighted by atomic mass is 127. The molecule has 7 nitrogen and oxygen atoms in total. The first kappa shape index (κ1) is 25.2. The van der Waals surface area contributed by atoms with Crippen LogP contribution < -0.4 is 16.0 Å². The van der Waals surface area contributed by atoms with Crippen LogP contribution in [0.25, 0.3) is 10.1 Å². The molecule has 168 valence electrons. The van der Waals surface area contributed by atoms with E-state index in [0.29, 0.717) is 24.8 Å². The van der Waals surface area contributed by atoms with Gasteiger partial charge in [0.25, 0.3) is 5.91 Å². The minimum Gasteiger partial charge on any atom is -0.459 e. The minimum atomic E-state index is -0.645. The zero-order valence-corrected chi connectivity index (χ0v) is 20.8. The molecular formula is C22H29IN4O3S. The summed E-state index contributed by atoms with van der Waals surface area (Å²) in [7, 11) is 0. The van der Waals surface area contributed by atoms with Crippen LogP contribution in [0.1, 0.15) is 40.4 Å². The van der Waals surface area contributed by atoms with Crippen LogP contribution in [-0.4, -0.2) is 43.2 Å². The molecule has 0 fully saturated rings. The fraction of sp³-hybridized carbons (Fsp3) is 0.364. The molecule has 0 bridgehead atoms. The molecule has 9 heteroatoms. The molecule has 0 radical (unpaired) electrons. The first-order valence-corrected chi connectivity index (χ1v) is 10.9. The van der Waals surface area contributed by atoms with Gasteiger partial charge in [0.2, 0.25) is 0 Å².